The molecule has 0 spiro atoms. The molecule has 3 heterocycles. The number of rotatable bonds is 7. The van der Waals surface area contributed by atoms with Gasteiger partial charge in [-0.05, 0) is 85.4 Å². The van der Waals surface area contributed by atoms with Gasteiger partial charge in [0.15, 0.2) is 0 Å². The van der Waals surface area contributed by atoms with Crippen LogP contribution in [0.4, 0.5) is 38.1 Å². The van der Waals surface area contributed by atoms with Crippen LogP contribution in [0.2, 0.25) is 5.02 Å². The summed E-state index contributed by atoms with van der Waals surface area (Å²) in [4.78, 5) is 27.2. The van der Waals surface area contributed by atoms with Crippen molar-refractivity contribution >= 4 is 56.7 Å². The van der Waals surface area contributed by atoms with E-state index < -0.39 is 26.2 Å². The van der Waals surface area contributed by atoms with Crippen LogP contribution >= 0.6 is 11.6 Å². The van der Waals surface area contributed by atoms with Crippen LogP contribution in [0.3, 0.4) is 0 Å². The summed E-state index contributed by atoms with van der Waals surface area (Å²) in [6.45, 7) is 13.0. The summed E-state index contributed by atoms with van der Waals surface area (Å²) < 4.78 is 47.5. The molecule has 0 unspecified atom stereocenters. The van der Waals surface area contributed by atoms with E-state index in [0.29, 0.717) is 43.0 Å². The number of piperidine rings is 1. The van der Waals surface area contributed by atoms with Crippen molar-refractivity contribution < 1.29 is 22.3 Å². The van der Waals surface area contributed by atoms with Crippen molar-refractivity contribution in [1.29, 1.82) is 0 Å². The molecule has 11 nitrogen and oxygen atoms in total. The highest BCUT2D eigenvalue weighted by Gasteiger charge is 2.30. The summed E-state index contributed by atoms with van der Waals surface area (Å²) in [5, 5.41) is 6.35. The molecule has 0 atom stereocenters. The topological polar surface area (TPSA) is 138 Å². The molecular weight excluding hydrogens is 609 g/mol. The van der Waals surface area contributed by atoms with E-state index in [1.807, 2.05) is 27.7 Å². The second-order valence-corrected chi connectivity index (χ2v) is 15.6. The number of hydrogen-bond acceptors (Lipinski definition) is 9. The van der Waals surface area contributed by atoms with Crippen molar-refractivity contribution in [1.82, 2.24) is 19.9 Å². The van der Waals surface area contributed by atoms with Crippen LogP contribution in [0.5, 0.6) is 0 Å². The SMILES string of the molecule is Cc1cnc(Nc2cc(F)c(C3CCN(C(=O)OC(C)(C)C)CC3)cn2)nc1Nc1ccc(Cl)c(NS(=O)(=O)C(C)(C)C)c1. The fourth-order valence-electron chi connectivity index (χ4n) is 4.37. The first-order chi connectivity index (χ1) is 20.4. The van der Waals surface area contributed by atoms with E-state index in [2.05, 4.69) is 30.3 Å². The second kappa shape index (κ2) is 12.7. The molecule has 1 aliphatic rings. The number of amides is 1. The molecule has 0 radical (unpaired) electrons. The first-order valence-electron chi connectivity index (χ1n) is 14.2. The van der Waals surface area contributed by atoms with Gasteiger partial charge in [0.05, 0.1) is 15.5 Å². The van der Waals surface area contributed by atoms with Crippen molar-refractivity contribution in [3.63, 3.8) is 0 Å². The molecule has 3 N–H and O–H groups in total. The van der Waals surface area contributed by atoms with Crippen LogP contribution in [-0.4, -0.2) is 57.8 Å². The van der Waals surface area contributed by atoms with Crippen LogP contribution in [0, 0.1) is 12.7 Å². The maximum Gasteiger partial charge on any atom is 0.410 e. The zero-order valence-corrected chi connectivity index (χ0v) is 27.5. The van der Waals surface area contributed by atoms with Gasteiger partial charge in [-0.3, -0.25) is 4.72 Å². The molecular formula is C30H39ClFN7O4S. The predicted molar refractivity (Wildman–Crippen MR) is 171 cm³/mol. The largest absolute Gasteiger partial charge is 0.444 e. The van der Waals surface area contributed by atoms with Crippen LogP contribution in [0.15, 0.2) is 36.7 Å². The fraction of sp³-hybridized carbons (Fsp3) is 0.467. The molecule has 1 fully saturated rings. The average molecular weight is 648 g/mol. The number of hydrogen-bond donors (Lipinski definition) is 3. The smallest absolute Gasteiger partial charge is 0.410 e. The zero-order valence-electron chi connectivity index (χ0n) is 26.0. The number of nitrogens with zero attached hydrogens (tertiary/aromatic N) is 4. The van der Waals surface area contributed by atoms with Gasteiger partial charge >= 0.3 is 6.09 Å². The lowest BCUT2D eigenvalue weighted by atomic mass is 9.90. The van der Waals surface area contributed by atoms with Crippen LogP contribution in [0.25, 0.3) is 0 Å². The number of aromatic nitrogens is 3. The molecule has 1 saturated heterocycles. The Morgan fingerprint density at radius 2 is 1.73 bits per heavy atom. The average Bonchev–Trinajstić information content (AvgIpc) is 2.91. The number of ether oxygens (including phenoxy) is 1. The lowest BCUT2D eigenvalue weighted by Crippen LogP contribution is -2.41. The predicted octanol–water partition coefficient (Wildman–Crippen LogP) is 7.11. The number of nitrogens with one attached hydrogen (secondary N) is 3. The van der Waals surface area contributed by atoms with E-state index in [0.717, 1.165) is 5.56 Å². The van der Waals surface area contributed by atoms with Gasteiger partial charge in [-0.25, -0.2) is 27.6 Å². The maximum atomic E-state index is 15.2. The van der Waals surface area contributed by atoms with E-state index in [-0.39, 0.29) is 34.5 Å². The summed E-state index contributed by atoms with van der Waals surface area (Å²) in [6.07, 6.45) is 3.95. The third kappa shape index (κ3) is 8.26. The molecule has 3 aromatic rings. The molecule has 1 aliphatic heterocycles. The van der Waals surface area contributed by atoms with Crippen molar-refractivity contribution in [3.05, 3.63) is 58.6 Å². The highest BCUT2D eigenvalue weighted by atomic mass is 35.5. The van der Waals surface area contributed by atoms with Crippen molar-refractivity contribution in [3.8, 4) is 0 Å². The minimum atomic E-state index is -3.69. The Hall–Kier alpha value is -3.71. The lowest BCUT2D eigenvalue weighted by Gasteiger charge is -2.33. The van der Waals surface area contributed by atoms with E-state index in [9.17, 15) is 13.2 Å². The Bertz CT molecular complexity index is 1630. The van der Waals surface area contributed by atoms with Crippen LogP contribution in [-0.2, 0) is 14.8 Å². The summed E-state index contributed by atoms with van der Waals surface area (Å²) >= 11 is 6.27. The first-order valence-corrected chi connectivity index (χ1v) is 16.1. The van der Waals surface area contributed by atoms with Gasteiger partial charge in [-0.1, -0.05) is 11.6 Å². The van der Waals surface area contributed by atoms with Gasteiger partial charge < -0.3 is 20.3 Å². The van der Waals surface area contributed by atoms with E-state index in [1.165, 1.54) is 12.3 Å². The number of anilines is 5. The Labute approximate surface area is 263 Å². The summed E-state index contributed by atoms with van der Waals surface area (Å²) in [5.74, 6) is 0.390. The molecule has 14 heteroatoms. The quantitative estimate of drug-likeness (QED) is 0.245. The molecule has 44 heavy (non-hydrogen) atoms. The summed E-state index contributed by atoms with van der Waals surface area (Å²) in [7, 11) is -3.69. The molecule has 0 saturated carbocycles. The number of carbonyl (C=O) groups is 1. The second-order valence-electron chi connectivity index (χ2n) is 12.7. The molecule has 1 aromatic carbocycles. The van der Waals surface area contributed by atoms with Crippen molar-refractivity contribution in [2.45, 2.75) is 77.6 Å². The number of pyridine rings is 1. The first kappa shape index (κ1) is 33.2. The molecule has 1 amide bonds. The number of benzene rings is 1. The Morgan fingerprint density at radius 1 is 1.05 bits per heavy atom. The minimum Gasteiger partial charge on any atom is -0.444 e. The highest BCUT2D eigenvalue weighted by molar-refractivity contribution is 7.94. The molecule has 0 bridgehead atoms. The van der Waals surface area contributed by atoms with Crippen LogP contribution < -0.4 is 15.4 Å². The third-order valence-electron chi connectivity index (χ3n) is 6.96. The lowest BCUT2D eigenvalue weighted by molar-refractivity contribution is 0.0204. The van der Waals surface area contributed by atoms with E-state index in [4.69, 9.17) is 16.3 Å². The highest BCUT2D eigenvalue weighted by Crippen LogP contribution is 2.33. The number of halogens is 2. The third-order valence-corrected chi connectivity index (χ3v) is 9.39. The van der Waals surface area contributed by atoms with Crippen molar-refractivity contribution in [2.24, 2.45) is 0 Å². The summed E-state index contributed by atoms with van der Waals surface area (Å²) in [6, 6.07) is 6.15. The van der Waals surface area contributed by atoms with Gasteiger partial charge in [0.25, 0.3) is 0 Å². The van der Waals surface area contributed by atoms with Crippen molar-refractivity contribution in [2.75, 3.05) is 28.4 Å². The number of carbonyl (C=O) groups excluding carboxylic acids is 1. The number of aryl methyl sites for hydroxylation is 1. The van der Waals surface area contributed by atoms with E-state index >= 15 is 4.39 Å². The van der Waals surface area contributed by atoms with Gasteiger partial charge in [0.2, 0.25) is 16.0 Å². The Kier molecular flexibility index (Phi) is 9.60. The Morgan fingerprint density at radius 3 is 2.34 bits per heavy atom. The van der Waals surface area contributed by atoms with Gasteiger partial charge in [0.1, 0.15) is 23.1 Å². The normalized spacial score (nSPS) is 14.7. The van der Waals surface area contributed by atoms with Crippen LogP contribution in [0.1, 0.15) is 71.4 Å². The fourth-order valence-corrected chi connectivity index (χ4v) is 5.35. The summed E-state index contributed by atoms with van der Waals surface area (Å²) in [5.41, 5.74) is 1.41. The molecule has 4 rings (SSSR count). The number of likely N-dealkylation sites (tertiary alicyclic amines) is 1. The minimum absolute atomic E-state index is 0.0705. The van der Waals surface area contributed by atoms with Gasteiger partial charge in [0, 0.05) is 48.4 Å². The monoisotopic (exact) mass is 647 g/mol. The molecule has 238 valence electrons. The maximum absolute atomic E-state index is 15.2. The number of sulfonamides is 1. The van der Waals surface area contributed by atoms with Gasteiger partial charge in [-0.15, -0.1) is 0 Å². The molecule has 0 aliphatic carbocycles. The molecule has 2 aromatic heterocycles. The standard InChI is InChI=1S/C30H39ClFN7O4S/c1-18-16-34-27(37-26(18)35-20-8-9-22(31)24(14-20)38-44(41,42)30(5,6)7)36-25-15-23(32)21(17-33-25)19-10-12-39(13-11-19)28(40)43-29(2,3)4/h8-9,14-17,19,38H,10-13H2,1-7H3,(H2,33,34,35,36,37). The van der Waals surface area contributed by atoms with E-state index in [1.54, 1.807) is 50.1 Å². The van der Waals surface area contributed by atoms with Gasteiger partial charge in [-0.2, -0.15) is 4.98 Å². The Balaban J connectivity index is 1.43. The zero-order chi connectivity index (χ0) is 32.4.